The first-order valence-electron chi connectivity index (χ1n) is 9.53. The van der Waals surface area contributed by atoms with E-state index in [4.69, 9.17) is 0 Å². The Balaban J connectivity index is 1.87. The molecule has 5 atom stereocenters. The van der Waals surface area contributed by atoms with Crippen molar-refractivity contribution in [1.82, 2.24) is 0 Å². The first-order valence-corrected chi connectivity index (χ1v) is 9.53. The minimum Gasteiger partial charge on any atom is -0.393 e. The van der Waals surface area contributed by atoms with E-state index < -0.39 is 18.3 Å². The standard InChI is InChI=1S/C22H32O3/c1-2-3-4-8-11-19-20(22(25)16-21(19)24)15-14-18(23)13-12-17-9-6-5-7-10-17/h4-10,14-15,18-25H,2-3,11-13,16H2,1H3/t18-,19+,20+,21-,22+/m0/s1. The predicted molar refractivity (Wildman–Crippen MR) is 102 cm³/mol. The second kappa shape index (κ2) is 10.5. The first-order chi connectivity index (χ1) is 12.1. The van der Waals surface area contributed by atoms with Crippen molar-refractivity contribution in [3.05, 3.63) is 60.2 Å². The summed E-state index contributed by atoms with van der Waals surface area (Å²) in [6.45, 7) is 2.14. The Morgan fingerprint density at radius 2 is 1.88 bits per heavy atom. The number of aryl methyl sites for hydroxylation is 1. The van der Waals surface area contributed by atoms with Crippen LogP contribution in [-0.2, 0) is 6.42 Å². The van der Waals surface area contributed by atoms with E-state index in [1.54, 1.807) is 6.08 Å². The van der Waals surface area contributed by atoms with Crippen molar-refractivity contribution < 1.29 is 15.3 Å². The van der Waals surface area contributed by atoms with Crippen molar-refractivity contribution >= 4 is 0 Å². The molecule has 0 bridgehead atoms. The quantitative estimate of drug-likeness (QED) is 0.599. The summed E-state index contributed by atoms with van der Waals surface area (Å²) in [6, 6.07) is 10.1. The zero-order valence-electron chi connectivity index (χ0n) is 15.2. The molecule has 0 amide bonds. The topological polar surface area (TPSA) is 60.7 Å². The third-order valence-electron chi connectivity index (χ3n) is 5.07. The molecule has 0 radical (unpaired) electrons. The fraction of sp³-hybridized carbons (Fsp3) is 0.545. The second-order valence-electron chi connectivity index (χ2n) is 7.08. The molecule has 0 aliphatic heterocycles. The number of allylic oxidation sites excluding steroid dienone is 2. The smallest absolute Gasteiger partial charge is 0.0724 e. The SMILES string of the molecule is CCCC=CC[C@@H]1[C@@H](C=C[C@@H](O)CCc2ccccc2)[C@H](O)C[C@@H]1O. The fourth-order valence-corrected chi connectivity index (χ4v) is 3.56. The molecule has 1 aromatic rings. The predicted octanol–water partition coefficient (Wildman–Crippen LogP) is 3.64. The summed E-state index contributed by atoms with van der Waals surface area (Å²) in [5.74, 6) is -0.0617. The van der Waals surface area contributed by atoms with E-state index >= 15 is 0 Å². The molecule has 0 unspecified atom stereocenters. The molecule has 3 nitrogen and oxygen atoms in total. The summed E-state index contributed by atoms with van der Waals surface area (Å²) >= 11 is 0. The van der Waals surface area contributed by atoms with Gasteiger partial charge in [-0.05, 0) is 37.2 Å². The first kappa shape index (κ1) is 19.9. The molecule has 1 aliphatic rings. The molecule has 138 valence electrons. The highest BCUT2D eigenvalue weighted by Crippen LogP contribution is 2.36. The molecule has 0 spiro atoms. The summed E-state index contributed by atoms with van der Waals surface area (Å²) in [4.78, 5) is 0. The van der Waals surface area contributed by atoms with Crippen LogP contribution in [0.25, 0.3) is 0 Å². The van der Waals surface area contributed by atoms with Crippen LogP contribution in [-0.4, -0.2) is 33.6 Å². The van der Waals surface area contributed by atoms with E-state index in [1.165, 1.54) is 5.56 Å². The summed E-state index contributed by atoms with van der Waals surface area (Å²) < 4.78 is 0. The van der Waals surface area contributed by atoms with Gasteiger partial charge >= 0.3 is 0 Å². The molecule has 2 rings (SSSR count). The van der Waals surface area contributed by atoms with Crippen LogP contribution in [0.5, 0.6) is 0 Å². The van der Waals surface area contributed by atoms with Crippen LogP contribution in [0.4, 0.5) is 0 Å². The lowest BCUT2D eigenvalue weighted by molar-refractivity contribution is 0.120. The maximum Gasteiger partial charge on any atom is 0.0724 e. The van der Waals surface area contributed by atoms with Crippen molar-refractivity contribution in [2.24, 2.45) is 11.8 Å². The molecule has 3 heteroatoms. The Labute approximate surface area is 151 Å². The highest BCUT2D eigenvalue weighted by atomic mass is 16.3. The van der Waals surface area contributed by atoms with E-state index in [1.807, 2.05) is 24.3 Å². The van der Waals surface area contributed by atoms with E-state index in [2.05, 4.69) is 31.2 Å². The van der Waals surface area contributed by atoms with Gasteiger partial charge in [-0.2, -0.15) is 0 Å². The minimum atomic E-state index is -0.530. The van der Waals surface area contributed by atoms with Crippen LogP contribution < -0.4 is 0 Å². The lowest BCUT2D eigenvalue weighted by Gasteiger charge is -2.19. The molecule has 0 aromatic heterocycles. The van der Waals surface area contributed by atoms with E-state index in [9.17, 15) is 15.3 Å². The zero-order chi connectivity index (χ0) is 18.1. The molecule has 1 aliphatic carbocycles. The van der Waals surface area contributed by atoms with Crippen molar-refractivity contribution in [3.63, 3.8) is 0 Å². The maximum absolute atomic E-state index is 10.2. The Morgan fingerprint density at radius 3 is 2.60 bits per heavy atom. The van der Waals surface area contributed by atoms with Gasteiger partial charge in [0.2, 0.25) is 0 Å². The van der Waals surface area contributed by atoms with E-state index in [0.29, 0.717) is 12.8 Å². The average Bonchev–Trinajstić information content (AvgIpc) is 2.89. The monoisotopic (exact) mass is 344 g/mol. The number of benzene rings is 1. The largest absolute Gasteiger partial charge is 0.393 e. The van der Waals surface area contributed by atoms with E-state index in [-0.39, 0.29) is 11.8 Å². The lowest BCUT2D eigenvalue weighted by Crippen LogP contribution is -2.20. The van der Waals surface area contributed by atoms with Crippen LogP contribution in [0.1, 0.15) is 44.6 Å². The van der Waals surface area contributed by atoms with Crippen LogP contribution >= 0.6 is 0 Å². The summed E-state index contributed by atoms with van der Waals surface area (Å²) in [6.07, 6.45) is 11.3. The number of aliphatic hydroxyl groups excluding tert-OH is 3. The molecular weight excluding hydrogens is 312 g/mol. The Bertz CT molecular complexity index is 537. The number of rotatable bonds is 9. The van der Waals surface area contributed by atoms with Crippen molar-refractivity contribution in [3.8, 4) is 0 Å². The third-order valence-corrected chi connectivity index (χ3v) is 5.07. The van der Waals surface area contributed by atoms with Crippen LogP contribution in [0.15, 0.2) is 54.6 Å². The van der Waals surface area contributed by atoms with E-state index in [0.717, 1.165) is 25.7 Å². The maximum atomic E-state index is 10.2. The van der Waals surface area contributed by atoms with Gasteiger partial charge < -0.3 is 15.3 Å². The number of aliphatic hydroxyl groups is 3. The van der Waals surface area contributed by atoms with Crippen molar-refractivity contribution in [1.29, 1.82) is 0 Å². The molecule has 0 saturated heterocycles. The van der Waals surface area contributed by atoms with Gasteiger partial charge in [0.1, 0.15) is 0 Å². The van der Waals surface area contributed by atoms with Crippen molar-refractivity contribution in [2.45, 2.75) is 63.8 Å². The summed E-state index contributed by atoms with van der Waals surface area (Å²) in [7, 11) is 0. The highest BCUT2D eigenvalue weighted by molar-refractivity contribution is 5.15. The minimum absolute atomic E-state index is 0.0284. The second-order valence-corrected chi connectivity index (χ2v) is 7.08. The van der Waals surface area contributed by atoms with Gasteiger partial charge in [-0.1, -0.05) is 68.0 Å². The number of unbranched alkanes of at least 4 members (excludes halogenated alkanes) is 1. The number of hydrogen-bond donors (Lipinski definition) is 3. The van der Waals surface area contributed by atoms with Gasteiger partial charge in [0.05, 0.1) is 18.3 Å². The van der Waals surface area contributed by atoms with Crippen LogP contribution in [0, 0.1) is 11.8 Å². The van der Waals surface area contributed by atoms with Gasteiger partial charge in [0, 0.05) is 12.3 Å². The Morgan fingerprint density at radius 1 is 1.12 bits per heavy atom. The lowest BCUT2D eigenvalue weighted by atomic mass is 9.89. The summed E-state index contributed by atoms with van der Waals surface area (Å²) in [5.41, 5.74) is 1.21. The molecule has 25 heavy (non-hydrogen) atoms. The Kier molecular flexibility index (Phi) is 8.39. The van der Waals surface area contributed by atoms with Gasteiger partial charge in [0.25, 0.3) is 0 Å². The fourth-order valence-electron chi connectivity index (χ4n) is 3.56. The Hall–Kier alpha value is -1.42. The zero-order valence-corrected chi connectivity index (χ0v) is 15.2. The summed E-state index contributed by atoms with van der Waals surface area (Å²) in [5, 5.41) is 30.7. The van der Waals surface area contributed by atoms with Gasteiger partial charge in [-0.3, -0.25) is 0 Å². The molecule has 3 N–H and O–H groups in total. The van der Waals surface area contributed by atoms with Crippen molar-refractivity contribution in [2.75, 3.05) is 0 Å². The molecule has 1 fully saturated rings. The highest BCUT2D eigenvalue weighted by Gasteiger charge is 2.39. The molecule has 0 heterocycles. The van der Waals surface area contributed by atoms with Crippen LogP contribution in [0.3, 0.4) is 0 Å². The molecule has 1 aromatic carbocycles. The number of hydrogen-bond acceptors (Lipinski definition) is 3. The van der Waals surface area contributed by atoms with Crippen LogP contribution in [0.2, 0.25) is 0 Å². The third kappa shape index (κ3) is 6.43. The normalized spacial score (nSPS) is 28.2. The van der Waals surface area contributed by atoms with Gasteiger partial charge in [-0.15, -0.1) is 0 Å². The van der Waals surface area contributed by atoms with Gasteiger partial charge in [0.15, 0.2) is 0 Å². The van der Waals surface area contributed by atoms with Gasteiger partial charge in [-0.25, -0.2) is 0 Å². The average molecular weight is 344 g/mol. The molecule has 1 saturated carbocycles. The molecular formula is C22H32O3.